The molecule has 1 saturated heterocycles. The first-order valence-corrected chi connectivity index (χ1v) is 10.2. The first kappa shape index (κ1) is 18.2. The van der Waals surface area contributed by atoms with E-state index in [1.54, 1.807) is 24.1 Å². The maximum absolute atomic E-state index is 12.9. The maximum atomic E-state index is 12.9. The summed E-state index contributed by atoms with van der Waals surface area (Å²) >= 11 is 0. The number of fused-ring (bicyclic) bond motifs is 4. The van der Waals surface area contributed by atoms with E-state index in [1.807, 2.05) is 18.0 Å². The van der Waals surface area contributed by atoms with Gasteiger partial charge in [-0.05, 0) is 56.1 Å². The molecule has 1 aromatic carbocycles. The summed E-state index contributed by atoms with van der Waals surface area (Å²) in [5.74, 6) is 0.962. The number of nitrogens with one attached hydrogen (secondary N) is 1. The summed E-state index contributed by atoms with van der Waals surface area (Å²) in [5.41, 5.74) is 4.49. The number of piperidine rings is 1. The van der Waals surface area contributed by atoms with Crippen LogP contribution in [0.2, 0.25) is 0 Å². The lowest BCUT2D eigenvalue weighted by Crippen LogP contribution is -2.55. The monoisotopic (exact) mass is 393 g/mol. The van der Waals surface area contributed by atoms with Gasteiger partial charge in [-0.2, -0.15) is 5.10 Å². The molecule has 0 radical (unpaired) electrons. The van der Waals surface area contributed by atoms with Crippen molar-refractivity contribution in [2.75, 3.05) is 33.8 Å². The van der Waals surface area contributed by atoms with Gasteiger partial charge in [0.1, 0.15) is 11.4 Å². The van der Waals surface area contributed by atoms with Crippen LogP contribution in [0.15, 0.2) is 30.5 Å². The van der Waals surface area contributed by atoms with Gasteiger partial charge in [0.05, 0.1) is 12.6 Å². The Kier molecular flexibility index (Phi) is 4.17. The van der Waals surface area contributed by atoms with E-state index >= 15 is 0 Å². The Morgan fingerprint density at radius 1 is 1.17 bits per heavy atom. The summed E-state index contributed by atoms with van der Waals surface area (Å²) in [6.45, 7) is 2.51. The second-order valence-corrected chi connectivity index (χ2v) is 8.23. The zero-order valence-electron chi connectivity index (χ0n) is 17.2. The van der Waals surface area contributed by atoms with Gasteiger partial charge in [-0.1, -0.05) is 0 Å². The molecule has 1 N–H and O–H groups in total. The van der Waals surface area contributed by atoms with Gasteiger partial charge in [0.25, 0.3) is 5.91 Å². The Labute approximate surface area is 170 Å². The molecule has 2 aliphatic heterocycles. The van der Waals surface area contributed by atoms with Gasteiger partial charge in [-0.15, -0.1) is 0 Å². The van der Waals surface area contributed by atoms with Crippen molar-refractivity contribution >= 4 is 16.8 Å². The number of aromatic amines is 1. The molecule has 5 rings (SSSR count). The first-order chi connectivity index (χ1) is 14.0. The number of carbonyl (C=O) groups is 1. The van der Waals surface area contributed by atoms with Crippen LogP contribution >= 0.6 is 0 Å². The highest BCUT2D eigenvalue weighted by molar-refractivity contribution is 5.92. The zero-order valence-corrected chi connectivity index (χ0v) is 17.2. The Hall–Kier alpha value is -2.80. The first-order valence-electron chi connectivity index (χ1n) is 10.2. The fourth-order valence-electron chi connectivity index (χ4n) is 5.15. The molecule has 7 heteroatoms. The van der Waals surface area contributed by atoms with Gasteiger partial charge >= 0.3 is 0 Å². The molecule has 0 aliphatic carbocycles. The number of benzene rings is 1. The molecule has 2 aromatic heterocycles. The van der Waals surface area contributed by atoms with E-state index in [9.17, 15) is 4.79 Å². The molecule has 0 saturated carbocycles. The highest BCUT2D eigenvalue weighted by atomic mass is 16.5. The number of methoxy groups -OCH3 is 1. The minimum Gasteiger partial charge on any atom is -0.497 e. The highest BCUT2D eigenvalue weighted by Gasteiger charge is 2.45. The van der Waals surface area contributed by atoms with Gasteiger partial charge in [0, 0.05) is 49.5 Å². The predicted octanol–water partition coefficient (Wildman–Crippen LogP) is 2.53. The summed E-state index contributed by atoms with van der Waals surface area (Å²) in [6, 6.07) is 8.06. The Bertz CT molecular complexity index is 1070. The number of likely N-dealkylation sites (N-methyl/N-ethyl adjacent to an activating group) is 1. The smallest absolute Gasteiger partial charge is 0.272 e. The average Bonchev–Trinajstić information content (AvgIpc) is 3.34. The van der Waals surface area contributed by atoms with Crippen molar-refractivity contribution < 1.29 is 9.53 Å². The molecule has 1 spiro atoms. The zero-order chi connectivity index (χ0) is 20.2. The maximum Gasteiger partial charge on any atom is 0.272 e. The molecule has 4 heterocycles. The Morgan fingerprint density at radius 3 is 2.66 bits per heavy atom. The van der Waals surface area contributed by atoms with Gasteiger partial charge in [0.15, 0.2) is 0 Å². The standard InChI is InChI=1S/C22H27N5O2/c1-25-11-7-16-17-14-15(29-3)4-5-18(17)24-20(16)22(25)8-12-27(13-9-22)21(28)19-6-10-23-26(19)2/h4-6,10,14,24H,7-9,11-13H2,1-3H3. The summed E-state index contributed by atoms with van der Waals surface area (Å²) in [7, 11) is 5.75. The van der Waals surface area contributed by atoms with E-state index in [4.69, 9.17) is 4.74 Å². The van der Waals surface area contributed by atoms with Crippen molar-refractivity contribution in [3.05, 3.63) is 47.4 Å². The summed E-state index contributed by atoms with van der Waals surface area (Å²) in [4.78, 5) is 21.1. The summed E-state index contributed by atoms with van der Waals surface area (Å²) < 4.78 is 7.11. The topological polar surface area (TPSA) is 66.4 Å². The van der Waals surface area contributed by atoms with Crippen LogP contribution in [-0.2, 0) is 19.0 Å². The van der Waals surface area contributed by atoms with Gasteiger partial charge in [-0.25, -0.2) is 0 Å². The van der Waals surface area contributed by atoms with Crippen LogP contribution < -0.4 is 4.74 Å². The third-order valence-electron chi connectivity index (χ3n) is 6.92. The van der Waals surface area contributed by atoms with Crippen molar-refractivity contribution in [3.63, 3.8) is 0 Å². The van der Waals surface area contributed by atoms with Crippen molar-refractivity contribution in [2.24, 2.45) is 7.05 Å². The normalized spacial score (nSPS) is 18.9. The molecule has 3 aromatic rings. The quantitative estimate of drug-likeness (QED) is 0.727. The predicted molar refractivity (Wildman–Crippen MR) is 111 cm³/mol. The van der Waals surface area contributed by atoms with Crippen LogP contribution in [0.4, 0.5) is 0 Å². The number of hydrogen-bond acceptors (Lipinski definition) is 4. The van der Waals surface area contributed by atoms with Crippen molar-refractivity contribution in [1.82, 2.24) is 24.6 Å². The average molecular weight is 393 g/mol. The SMILES string of the molecule is COc1ccc2[nH]c3c(c2c1)CCN(C)C31CCN(C(=O)c2ccnn2C)CC1. The van der Waals surface area contributed by atoms with Crippen LogP contribution in [0.1, 0.15) is 34.6 Å². The van der Waals surface area contributed by atoms with Gasteiger partial charge in [0.2, 0.25) is 0 Å². The summed E-state index contributed by atoms with van der Waals surface area (Å²) in [5, 5.41) is 5.41. The number of aromatic nitrogens is 3. The third-order valence-corrected chi connectivity index (χ3v) is 6.92. The van der Waals surface area contributed by atoms with Crippen LogP contribution in [0.5, 0.6) is 5.75 Å². The van der Waals surface area contributed by atoms with Crippen LogP contribution in [0, 0.1) is 0 Å². The largest absolute Gasteiger partial charge is 0.497 e. The van der Waals surface area contributed by atoms with Crippen LogP contribution in [-0.4, -0.2) is 64.3 Å². The number of ether oxygens (including phenoxy) is 1. The fourth-order valence-corrected chi connectivity index (χ4v) is 5.15. The van der Waals surface area contributed by atoms with E-state index in [2.05, 4.69) is 34.2 Å². The Balaban J connectivity index is 1.47. The second kappa shape index (κ2) is 6.62. The molecule has 1 amide bonds. The number of aryl methyl sites for hydroxylation is 1. The second-order valence-electron chi connectivity index (χ2n) is 8.23. The molecule has 1 fully saturated rings. The number of rotatable bonds is 2. The molecule has 152 valence electrons. The number of nitrogens with zero attached hydrogens (tertiary/aromatic N) is 4. The van der Waals surface area contributed by atoms with E-state index < -0.39 is 0 Å². The minimum atomic E-state index is -0.0525. The van der Waals surface area contributed by atoms with E-state index in [0.717, 1.165) is 44.6 Å². The Morgan fingerprint density at radius 2 is 1.97 bits per heavy atom. The molecule has 0 bridgehead atoms. The number of amides is 1. The fraction of sp³-hybridized carbons (Fsp3) is 0.455. The lowest BCUT2D eigenvalue weighted by atomic mass is 9.78. The highest BCUT2D eigenvalue weighted by Crippen LogP contribution is 2.45. The lowest BCUT2D eigenvalue weighted by molar-refractivity contribution is 0.0226. The van der Waals surface area contributed by atoms with Crippen LogP contribution in [0.25, 0.3) is 10.9 Å². The third kappa shape index (κ3) is 2.68. The van der Waals surface area contributed by atoms with E-state index in [1.165, 1.54) is 22.2 Å². The van der Waals surface area contributed by atoms with E-state index in [-0.39, 0.29) is 11.4 Å². The number of hydrogen-bond donors (Lipinski definition) is 1. The van der Waals surface area contributed by atoms with Crippen molar-refractivity contribution in [2.45, 2.75) is 24.8 Å². The number of carbonyl (C=O) groups excluding carboxylic acids is 1. The molecule has 7 nitrogen and oxygen atoms in total. The van der Waals surface area contributed by atoms with Crippen molar-refractivity contribution in [3.8, 4) is 5.75 Å². The van der Waals surface area contributed by atoms with Crippen molar-refractivity contribution in [1.29, 1.82) is 0 Å². The molecular formula is C22H27N5O2. The van der Waals surface area contributed by atoms with E-state index in [0.29, 0.717) is 5.69 Å². The summed E-state index contributed by atoms with van der Waals surface area (Å²) in [6.07, 6.45) is 4.55. The molecule has 2 aliphatic rings. The lowest BCUT2D eigenvalue weighted by Gasteiger charge is -2.49. The molecular weight excluding hydrogens is 366 g/mol. The number of H-pyrrole nitrogens is 1. The molecule has 29 heavy (non-hydrogen) atoms. The molecule has 0 atom stereocenters. The van der Waals surface area contributed by atoms with Gasteiger partial charge < -0.3 is 14.6 Å². The minimum absolute atomic E-state index is 0.0525. The van der Waals surface area contributed by atoms with Crippen LogP contribution in [0.3, 0.4) is 0 Å². The van der Waals surface area contributed by atoms with Gasteiger partial charge in [-0.3, -0.25) is 14.4 Å². The molecule has 0 unspecified atom stereocenters. The number of likely N-dealkylation sites (tertiary alicyclic amines) is 1.